The third-order valence-corrected chi connectivity index (χ3v) is 6.49. The van der Waals surface area contributed by atoms with Crippen LogP contribution in [0.4, 0.5) is 4.39 Å². The highest BCUT2D eigenvalue weighted by atomic mass is 32.2. The molecule has 4 rings (SSSR count). The molecule has 1 saturated carbocycles. The highest BCUT2D eigenvalue weighted by Crippen LogP contribution is 2.31. The van der Waals surface area contributed by atoms with Gasteiger partial charge in [-0.15, -0.1) is 0 Å². The molecular formula is C21H23FN4O2S. The summed E-state index contributed by atoms with van der Waals surface area (Å²) >= 11 is 0. The van der Waals surface area contributed by atoms with Crippen LogP contribution in [0.15, 0.2) is 59.3 Å². The summed E-state index contributed by atoms with van der Waals surface area (Å²) in [5, 5.41) is 0. The SMILES string of the molecule is Cc1nc2c(-c3cccc(S(=O)(=O)NC4CC4)c3)cccc2n1C/C(F)=C/CN. The molecule has 0 saturated heterocycles. The summed E-state index contributed by atoms with van der Waals surface area (Å²) < 4.78 is 43.7. The first-order valence-electron chi connectivity index (χ1n) is 9.52. The van der Waals surface area contributed by atoms with E-state index in [0.29, 0.717) is 11.3 Å². The molecule has 0 bridgehead atoms. The lowest BCUT2D eigenvalue weighted by Crippen LogP contribution is -2.25. The van der Waals surface area contributed by atoms with E-state index in [-0.39, 0.29) is 29.9 Å². The van der Waals surface area contributed by atoms with Crippen LogP contribution in [0.2, 0.25) is 0 Å². The Labute approximate surface area is 169 Å². The molecule has 0 atom stereocenters. The summed E-state index contributed by atoms with van der Waals surface area (Å²) in [5.41, 5.74) is 8.43. The van der Waals surface area contributed by atoms with Crippen molar-refractivity contribution in [1.82, 2.24) is 14.3 Å². The summed E-state index contributed by atoms with van der Waals surface area (Å²) in [5.74, 6) is 0.353. The number of allylic oxidation sites excluding steroid dienone is 1. The summed E-state index contributed by atoms with van der Waals surface area (Å²) in [6, 6.07) is 12.5. The zero-order valence-electron chi connectivity index (χ0n) is 16.1. The van der Waals surface area contributed by atoms with Crippen molar-refractivity contribution in [2.75, 3.05) is 6.54 Å². The molecule has 1 aliphatic rings. The molecule has 3 aromatic rings. The van der Waals surface area contributed by atoms with Gasteiger partial charge in [0, 0.05) is 18.2 Å². The molecule has 1 aromatic heterocycles. The largest absolute Gasteiger partial charge is 0.327 e. The summed E-state index contributed by atoms with van der Waals surface area (Å²) in [6.07, 6.45) is 3.10. The van der Waals surface area contributed by atoms with Gasteiger partial charge in [-0.3, -0.25) is 0 Å². The second-order valence-corrected chi connectivity index (χ2v) is 8.94. The van der Waals surface area contributed by atoms with Crippen molar-refractivity contribution in [2.24, 2.45) is 5.73 Å². The van der Waals surface area contributed by atoms with Crippen molar-refractivity contribution in [3.8, 4) is 11.1 Å². The molecule has 0 spiro atoms. The van der Waals surface area contributed by atoms with Gasteiger partial charge in [0.05, 0.1) is 22.5 Å². The number of nitrogens with two attached hydrogens (primary N) is 1. The first-order valence-corrected chi connectivity index (χ1v) is 11.0. The van der Waals surface area contributed by atoms with Crippen molar-refractivity contribution >= 4 is 21.1 Å². The van der Waals surface area contributed by atoms with Crippen molar-refractivity contribution < 1.29 is 12.8 Å². The van der Waals surface area contributed by atoms with E-state index in [4.69, 9.17) is 5.73 Å². The monoisotopic (exact) mass is 414 g/mol. The van der Waals surface area contributed by atoms with Gasteiger partial charge in [0.2, 0.25) is 10.0 Å². The van der Waals surface area contributed by atoms with E-state index in [1.165, 1.54) is 6.08 Å². The van der Waals surface area contributed by atoms with Gasteiger partial charge in [-0.05, 0) is 49.6 Å². The van der Waals surface area contributed by atoms with Gasteiger partial charge in [-0.25, -0.2) is 22.5 Å². The molecule has 8 heteroatoms. The minimum absolute atomic E-state index is 0.0434. The van der Waals surface area contributed by atoms with Crippen LogP contribution < -0.4 is 10.5 Å². The van der Waals surface area contributed by atoms with Crippen LogP contribution in [0, 0.1) is 6.92 Å². The zero-order chi connectivity index (χ0) is 20.6. The number of rotatable bonds is 7. The Hall–Kier alpha value is -2.55. The first-order chi connectivity index (χ1) is 13.9. The predicted molar refractivity (Wildman–Crippen MR) is 111 cm³/mol. The summed E-state index contributed by atoms with van der Waals surface area (Å²) in [6.45, 7) is 2.02. The Balaban J connectivity index is 1.77. The maximum Gasteiger partial charge on any atom is 0.240 e. The van der Waals surface area contributed by atoms with Crippen molar-refractivity contribution in [1.29, 1.82) is 0 Å². The second kappa shape index (κ2) is 7.70. The minimum atomic E-state index is -3.55. The number of halogens is 1. The lowest BCUT2D eigenvalue weighted by atomic mass is 10.0. The third-order valence-electron chi connectivity index (χ3n) is 4.97. The zero-order valence-corrected chi connectivity index (χ0v) is 16.9. The molecule has 1 fully saturated rings. The number of para-hydroxylation sites is 1. The first kappa shape index (κ1) is 19.8. The molecule has 152 valence electrons. The second-order valence-electron chi connectivity index (χ2n) is 7.23. The Kier molecular flexibility index (Phi) is 5.24. The van der Waals surface area contributed by atoms with Crippen LogP contribution in [-0.4, -0.2) is 30.6 Å². The summed E-state index contributed by atoms with van der Waals surface area (Å²) in [4.78, 5) is 4.85. The fraction of sp³-hybridized carbons (Fsp3) is 0.286. The summed E-state index contributed by atoms with van der Waals surface area (Å²) in [7, 11) is -3.55. The van der Waals surface area contributed by atoms with Crippen LogP contribution in [0.1, 0.15) is 18.7 Å². The molecule has 1 heterocycles. The third kappa shape index (κ3) is 4.10. The number of aryl methyl sites for hydroxylation is 1. The number of hydrogen-bond acceptors (Lipinski definition) is 4. The highest BCUT2D eigenvalue weighted by molar-refractivity contribution is 7.89. The van der Waals surface area contributed by atoms with E-state index < -0.39 is 10.0 Å². The van der Waals surface area contributed by atoms with Gasteiger partial charge in [0.25, 0.3) is 0 Å². The molecule has 0 aliphatic heterocycles. The fourth-order valence-corrected chi connectivity index (χ4v) is 4.71. The van der Waals surface area contributed by atoms with Gasteiger partial charge in [-0.2, -0.15) is 0 Å². The van der Waals surface area contributed by atoms with E-state index in [0.717, 1.165) is 29.5 Å². The van der Waals surface area contributed by atoms with Gasteiger partial charge < -0.3 is 10.3 Å². The van der Waals surface area contributed by atoms with Crippen molar-refractivity contribution in [3.63, 3.8) is 0 Å². The normalized spacial score (nSPS) is 15.2. The van der Waals surface area contributed by atoms with E-state index in [2.05, 4.69) is 9.71 Å². The van der Waals surface area contributed by atoms with E-state index in [9.17, 15) is 12.8 Å². The lowest BCUT2D eigenvalue weighted by molar-refractivity contribution is 0.553. The molecular weight excluding hydrogens is 391 g/mol. The molecule has 29 heavy (non-hydrogen) atoms. The van der Waals surface area contributed by atoms with Crippen LogP contribution in [0.3, 0.4) is 0 Å². The Morgan fingerprint density at radius 2 is 2.07 bits per heavy atom. The number of aromatic nitrogens is 2. The van der Waals surface area contributed by atoms with Crippen molar-refractivity contribution in [3.05, 3.63) is 60.2 Å². The predicted octanol–water partition coefficient (Wildman–Crippen LogP) is 3.26. The average molecular weight is 415 g/mol. The highest BCUT2D eigenvalue weighted by Gasteiger charge is 2.28. The van der Waals surface area contributed by atoms with Crippen LogP contribution in [0.5, 0.6) is 0 Å². The molecule has 0 unspecified atom stereocenters. The van der Waals surface area contributed by atoms with E-state index >= 15 is 0 Å². The maximum absolute atomic E-state index is 14.1. The van der Waals surface area contributed by atoms with Crippen LogP contribution in [0.25, 0.3) is 22.2 Å². The number of imidazole rings is 1. The lowest BCUT2D eigenvalue weighted by Gasteiger charge is -2.09. The van der Waals surface area contributed by atoms with Gasteiger partial charge >= 0.3 is 0 Å². The number of nitrogens with zero attached hydrogens (tertiary/aromatic N) is 2. The number of sulfonamides is 1. The molecule has 3 N–H and O–H groups in total. The number of fused-ring (bicyclic) bond motifs is 1. The topological polar surface area (TPSA) is 90.0 Å². The van der Waals surface area contributed by atoms with E-state index in [1.54, 1.807) is 22.8 Å². The number of hydrogen-bond donors (Lipinski definition) is 2. The van der Waals surface area contributed by atoms with Crippen LogP contribution >= 0.6 is 0 Å². The maximum atomic E-state index is 14.1. The molecule has 0 radical (unpaired) electrons. The average Bonchev–Trinajstić information content (AvgIpc) is 3.44. The number of benzene rings is 2. The van der Waals surface area contributed by atoms with E-state index in [1.807, 2.05) is 31.2 Å². The smallest absolute Gasteiger partial charge is 0.240 e. The molecule has 0 amide bonds. The quantitative estimate of drug-likeness (QED) is 0.621. The number of nitrogens with one attached hydrogen (secondary N) is 1. The van der Waals surface area contributed by atoms with Gasteiger partial charge in [0.1, 0.15) is 11.7 Å². The molecule has 1 aliphatic carbocycles. The van der Waals surface area contributed by atoms with Gasteiger partial charge in [0.15, 0.2) is 0 Å². The minimum Gasteiger partial charge on any atom is -0.327 e. The fourth-order valence-electron chi connectivity index (χ4n) is 3.36. The van der Waals surface area contributed by atoms with Gasteiger partial charge in [-0.1, -0.05) is 24.3 Å². The van der Waals surface area contributed by atoms with Crippen molar-refractivity contribution in [2.45, 2.75) is 37.2 Å². The Bertz CT molecular complexity index is 1200. The Morgan fingerprint density at radius 3 is 2.79 bits per heavy atom. The van der Waals surface area contributed by atoms with Crippen LogP contribution in [-0.2, 0) is 16.6 Å². The molecule has 2 aromatic carbocycles. The Morgan fingerprint density at radius 1 is 1.31 bits per heavy atom. The molecule has 6 nitrogen and oxygen atoms in total. The standard InChI is InChI=1S/C21H23FN4O2S/c1-14-24-21-19(6-3-7-20(21)26(14)13-16(22)10-11-23)15-4-2-5-18(12-15)29(27,28)25-17-8-9-17/h2-7,10,12,17,25H,8-9,11,13,23H2,1H3/b16-10-.